The van der Waals surface area contributed by atoms with Crippen LogP contribution in [0.3, 0.4) is 0 Å². The average molecular weight is 382 g/mol. The molecule has 0 saturated heterocycles. The van der Waals surface area contributed by atoms with Crippen molar-refractivity contribution in [3.8, 4) is 22.1 Å². The van der Waals surface area contributed by atoms with Crippen LogP contribution in [-0.2, 0) is 9.05 Å². The zero-order valence-electron chi connectivity index (χ0n) is 12.0. The van der Waals surface area contributed by atoms with Gasteiger partial charge in [0.05, 0.1) is 24.4 Å². The van der Waals surface area contributed by atoms with E-state index in [-0.39, 0.29) is 4.21 Å². The third-order valence-corrected chi connectivity index (χ3v) is 6.41. The molecule has 0 spiro atoms. The first kappa shape index (κ1) is 17.3. The summed E-state index contributed by atoms with van der Waals surface area (Å²) in [5.74, 6) is 0.890. The van der Waals surface area contributed by atoms with Crippen LogP contribution < -0.4 is 9.47 Å². The lowest BCUT2D eigenvalue weighted by molar-refractivity contribution is 0.311. The minimum Gasteiger partial charge on any atom is -0.493 e. The molecule has 0 atom stereocenters. The van der Waals surface area contributed by atoms with Gasteiger partial charge in [0.25, 0.3) is 9.05 Å². The van der Waals surface area contributed by atoms with Crippen LogP contribution in [0.2, 0.25) is 5.02 Å². The molecule has 2 rings (SSSR count). The monoisotopic (exact) mass is 381 g/mol. The molecule has 9 heteroatoms. The van der Waals surface area contributed by atoms with Gasteiger partial charge in [-0.1, -0.05) is 11.6 Å². The van der Waals surface area contributed by atoms with Crippen molar-refractivity contribution < 1.29 is 17.9 Å². The van der Waals surface area contributed by atoms with E-state index in [2.05, 4.69) is 4.98 Å². The van der Waals surface area contributed by atoms with Crippen molar-refractivity contribution in [1.29, 1.82) is 0 Å². The average Bonchev–Trinajstić information content (AvgIpc) is 2.83. The lowest BCUT2D eigenvalue weighted by Crippen LogP contribution is -1.96. The summed E-state index contributed by atoms with van der Waals surface area (Å²) in [4.78, 5) is 4.24. The number of thiazole rings is 1. The molecule has 2 aromatic rings. The molecule has 0 aliphatic heterocycles. The van der Waals surface area contributed by atoms with E-state index in [0.717, 1.165) is 11.3 Å². The number of aromatic nitrogens is 1. The minimum atomic E-state index is -3.82. The lowest BCUT2D eigenvalue weighted by atomic mass is 10.2. The number of methoxy groups -OCH3 is 1. The highest BCUT2D eigenvalue weighted by molar-refractivity contribution is 8.15. The molecule has 0 saturated carbocycles. The van der Waals surface area contributed by atoms with Gasteiger partial charge in [-0.25, -0.2) is 13.4 Å². The van der Waals surface area contributed by atoms with Crippen LogP contribution in [0.1, 0.15) is 12.6 Å². The number of nitrogens with zero attached hydrogens (tertiary/aromatic N) is 1. The van der Waals surface area contributed by atoms with Crippen molar-refractivity contribution in [3.63, 3.8) is 0 Å². The minimum absolute atomic E-state index is 0.0214. The summed E-state index contributed by atoms with van der Waals surface area (Å²) in [5, 5.41) is 0.847. The molecule has 1 aromatic heterocycles. The Balaban J connectivity index is 2.57. The van der Waals surface area contributed by atoms with Crippen LogP contribution in [0.25, 0.3) is 10.6 Å². The van der Waals surface area contributed by atoms with Gasteiger partial charge in [0.15, 0.2) is 15.7 Å². The molecule has 1 aromatic carbocycles. The SMILES string of the molecule is CCOc1c(Cl)cc(-c2nc(C)c(S(=O)(=O)Cl)s2)cc1OC. The molecule has 0 radical (unpaired) electrons. The number of rotatable bonds is 5. The Morgan fingerprint density at radius 3 is 2.55 bits per heavy atom. The maximum atomic E-state index is 11.5. The molecule has 120 valence electrons. The molecule has 0 bridgehead atoms. The van der Waals surface area contributed by atoms with Crippen LogP contribution in [-0.4, -0.2) is 27.1 Å². The van der Waals surface area contributed by atoms with Crippen molar-refractivity contribution in [3.05, 3.63) is 22.8 Å². The fraction of sp³-hybridized carbons (Fsp3) is 0.308. The van der Waals surface area contributed by atoms with Gasteiger partial charge >= 0.3 is 0 Å². The highest BCUT2D eigenvalue weighted by Gasteiger charge is 2.21. The van der Waals surface area contributed by atoms with Crippen molar-refractivity contribution in [1.82, 2.24) is 4.98 Å². The van der Waals surface area contributed by atoms with E-state index in [0.29, 0.717) is 39.4 Å². The fourth-order valence-electron chi connectivity index (χ4n) is 1.86. The normalized spacial score (nSPS) is 11.5. The third-order valence-electron chi connectivity index (χ3n) is 2.74. The molecule has 0 aliphatic carbocycles. The van der Waals surface area contributed by atoms with E-state index in [9.17, 15) is 8.42 Å². The molecular formula is C13H13Cl2NO4S2. The number of aryl methyl sites for hydroxylation is 1. The summed E-state index contributed by atoms with van der Waals surface area (Å²) in [6.45, 7) is 3.87. The summed E-state index contributed by atoms with van der Waals surface area (Å²) in [5.41, 5.74) is 0.976. The molecule has 0 amide bonds. The highest BCUT2D eigenvalue weighted by Crippen LogP contribution is 2.41. The summed E-state index contributed by atoms with van der Waals surface area (Å²) in [6.07, 6.45) is 0. The third kappa shape index (κ3) is 3.48. The van der Waals surface area contributed by atoms with Crippen LogP contribution >= 0.6 is 33.6 Å². The smallest absolute Gasteiger partial charge is 0.272 e. The molecule has 22 heavy (non-hydrogen) atoms. The van der Waals surface area contributed by atoms with Gasteiger partial charge in [-0.2, -0.15) is 0 Å². The van der Waals surface area contributed by atoms with Gasteiger partial charge in [-0.05, 0) is 26.0 Å². The number of hydrogen-bond acceptors (Lipinski definition) is 6. The second kappa shape index (κ2) is 6.62. The number of ether oxygens (including phenoxy) is 2. The Hall–Kier alpha value is -1.02. The molecule has 0 unspecified atom stereocenters. The Morgan fingerprint density at radius 2 is 2.05 bits per heavy atom. The first-order valence-corrected chi connectivity index (χ1v) is 9.71. The number of halogens is 2. The van der Waals surface area contributed by atoms with Crippen LogP contribution in [0.5, 0.6) is 11.5 Å². The number of benzene rings is 1. The van der Waals surface area contributed by atoms with Crippen molar-refractivity contribution >= 4 is 42.7 Å². The van der Waals surface area contributed by atoms with Gasteiger partial charge in [-0.15, -0.1) is 11.3 Å². The quantitative estimate of drug-likeness (QED) is 0.729. The molecule has 5 nitrogen and oxygen atoms in total. The van der Waals surface area contributed by atoms with Crippen molar-refractivity contribution in [2.24, 2.45) is 0 Å². The molecule has 1 heterocycles. The largest absolute Gasteiger partial charge is 0.493 e. The maximum Gasteiger partial charge on any atom is 0.272 e. The standard InChI is InChI=1S/C13H13Cl2NO4S2/c1-4-20-11-9(14)5-8(6-10(11)19-3)12-16-7(2)13(21-12)22(15,17)18/h5-6H,4H2,1-3H3. The summed E-state index contributed by atoms with van der Waals surface area (Å²) in [6, 6.07) is 3.34. The van der Waals surface area contributed by atoms with E-state index in [4.69, 9.17) is 31.8 Å². The van der Waals surface area contributed by atoms with Gasteiger partial charge < -0.3 is 9.47 Å². The summed E-state index contributed by atoms with van der Waals surface area (Å²) in [7, 11) is 3.07. The van der Waals surface area contributed by atoms with Crippen LogP contribution in [0, 0.1) is 6.92 Å². The molecule has 0 fully saturated rings. The molecule has 0 aliphatic rings. The van der Waals surface area contributed by atoms with Crippen molar-refractivity contribution in [2.45, 2.75) is 18.1 Å². The zero-order chi connectivity index (χ0) is 16.5. The first-order valence-electron chi connectivity index (χ1n) is 6.20. The molecule has 0 N–H and O–H groups in total. The van der Waals surface area contributed by atoms with Gasteiger partial charge in [0.2, 0.25) is 0 Å². The maximum absolute atomic E-state index is 11.5. The van der Waals surface area contributed by atoms with E-state index in [1.165, 1.54) is 7.11 Å². The summed E-state index contributed by atoms with van der Waals surface area (Å²) < 4.78 is 33.7. The van der Waals surface area contributed by atoms with Gasteiger partial charge in [-0.3, -0.25) is 0 Å². The first-order chi connectivity index (χ1) is 10.3. The van der Waals surface area contributed by atoms with E-state index in [1.54, 1.807) is 19.1 Å². The Kier molecular flexibility index (Phi) is 5.21. The summed E-state index contributed by atoms with van der Waals surface area (Å²) >= 11 is 7.19. The van der Waals surface area contributed by atoms with E-state index >= 15 is 0 Å². The fourth-order valence-corrected chi connectivity index (χ4v) is 4.56. The zero-order valence-corrected chi connectivity index (χ0v) is 15.2. The Bertz CT molecular complexity index is 803. The number of hydrogen-bond donors (Lipinski definition) is 0. The second-order valence-corrected chi connectivity index (χ2v) is 8.42. The predicted molar refractivity (Wildman–Crippen MR) is 88.1 cm³/mol. The predicted octanol–water partition coefficient (Wildman–Crippen LogP) is 4.11. The Labute approximate surface area is 142 Å². The Morgan fingerprint density at radius 1 is 1.36 bits per heavy atom. The lowest BCUT2D eigenvalue weighted by Gasteiger charge is -2.12. The second-order valence-electron chi connectivity index (χ2n) is 4.25. The van der Waals surface area contributed by atoms with Gasteiger partial charge in [0, 0.05) is 16.2 Å². The van der Waals surface area contributed by atoms with Crippen LogP contribution in [0.4, 0.5) is 0 Å². The highest BCUT2D eigenvalue weighted by atomic mass is 35.7. The van der Waals surface area contributed by atoms with Gasteiger partial charge in [0.1, 0.15) is 5.01 Å². The molecular weight excluding hydrogens is 369 g/mol. The van der Waals surface area contributed by atoms with Crippen LogP contribution in [0.15, 0.2) is 16.3 Å². The van der Waals surface area contributed by atoms with E-state index < -0.39 is 9.05 Å². The van der Waals surface area contributed by atoms with Crippen molar-refractivity contribution in [2.75, 3.05) is 13.7 Å². The topological polar surface area (TPSA) is 65.5 Å². The van der Waals surface area contributed by atoms with E-state index in [1.807, 2.05) is 6.92 Å².